The van der Waals surface area contributed by atoms with Crippen LogP contribution in [0, 0.1) is 5.41 Å². The minimum Gasteiger partial charge on any atom is -0.505 e. The molecule has 0 unspecified atom stereocenters. The van der Waals surface area contributed by atoms with Crippen molar-refractivity contribution in [3.8, 4) is 11.4 Å². The van der Waals surface area contributed by atoms with E-state index in [0.717, 1.165) is 67.1 Å². The van der Waals surface area contributed by atoms with Gasteiger partial charge in [0.15, 0.2) is 0 Å². The van der Waals surface area contributed by atoms with Crippen LogP contribution < -0.4 is 5.73 Å². The van der Waals surface area contributed by atoms with Crippen LogP contribution in [-0.4, -0.2) is 20.1 Å². The fraction of sp³-hybridized carbons (Fsp3) is 0.586. The summed E-state index contributed by atoms with van der Waals surface area (Å²) in [6, 6.07) is 12.0. The van der Waals surface area contributed by atoms with Gasteiger partial charge in [0.25, 0.3) is 0 Å². The second kappa shape index (κ2) is 10.1. The number of aromatic hydroxyl groups is 1. The summed E-state index contributed by atoms with van der Waals surface area (Å²) in [5, 5.41) is 21.0. The standard InChI is InChI=1S/C29H44N4O/c1-8-10-16-29(30,17-11-9-2)22-18-21(28(6,7)20-27(3,4)5)19-25(26(22)34)33-31-23-14-12-13-15-24(23)32-33/h12-15,18-19,34H,8-11,16-17,20,30H2,1-7H3. The zero-order chi connectivity index (χ0) is 25.1. The number of nitrogens with zero attached hydrogens (tertiary/aromatic N) is 3. The van der Waals surface area contributed by atoms with E-state index in [4.69, 9.17) is 15.9 Å². The van der Waals surface area contributed by atoms with Gasteiger partial charge in [-0.15, -0.1) is 15.0 Å². The Kier molecular flexibility index (Phi) is 7.76. The zero-order valence-corrected chi connectivity index (χ0v) is 22.3. The molecule has 3 N–H and O–H groups in total. The second-order valence-electron chi connectivity index (χ2n) is 11.9. The number of benzene rings is 2. The fourth-order valence-electron chi connectivity index (χ4n) is 5.32. The first-order chi connectivity index (χ1) is 15.9. The molecular formula is C29H44N4O. The maximum atomic E-state index is 11.6. The number of nitrogens with two attached hydrogens (primary N) is 1. The van der Waals surface area contributed by atoms with Gasteiger partial charge in [0.05, 0.1) is 0 Å². The summed E-state index contributed by atoms with van der Waals surface area (Å²) < 4.78 is 0. The van der Waals surface area contributed by atoms with Crippen LogP contribution >= 0.6 is 0 Å². The summed E-state index contributed by atoms with van der Waals surface area (Å²) in [5.74, 6) is 0.199. The van der Waals surface area contributed by atoms with Crippen LogP contribution in [0.2, 0.25) is 0 Å². The number of fused-ring (bicyclic) bond motifs is 1. The quantitative estimate of drug-likeness (QED) is 0.328. The van der Waals surface area contributed by atoms with E-state index in [2.05, 4.69) is 60.6 Å². The number of unbranched alkanes of at least 4 members (excludes halogenated alkanes) is 2. The summed E-state index contributed by atoms with van der Waals surface area (Å²) in [4.78, 5) is 1.58. The molecule has 0 fully saturated rings. The summed E-state index contributed by atoms with van der Waals surface area (Å²) in [6.45, 7) is 15.8. The van der Waals surface area contributed by atoms with E-state index in [0.29, 0.717) is 5.69 Å². The Morgan fingerprint density at radius 1 is 0.882 bits per heavy atom. The van der Waals surface area contributed by atoms with E-state index in [9.17, 15) is 5.11 Å². The Balaban J connectivity index is 2.26. The van der Waals surface area contributed by atoms with Crippen molar-refractivity contribution in [3.63, 3.8) is 0 Å². The smallest absolute Gasteiger partial charge is 0.148 e. The van der Waals surface area contributed by atoms with Gasteiger partial charge >= 0.3 is 0 Å². The molecule has 5 heteroatoms. The molecule has 1 heterocycles. The zero-order valence-electron chi connectivity index (χ0n) is 22.3. The largest absolute Gasteiger partial charge is 0.505 e. The van der Waals surface area contributed by atoms with Crippen molar-refractivity contribution in [2.45, 2.75) is 104 Å². The van der Waals surface area contributed by atoms with Gasteiger partial charge in [0.1, 0.15) is 22.5 Å². The number of hydrogen-bond donors (Lipinski definition) is 2. The molecule has 0 bridgehead atoms. The lowest BCUT2D eigenvalue weighted by molar-refractivity contribution is 0.282. The van der Waals surface area contributed by atoms with E-state index in [1.165, 1.54) is 0 Å². The Morgan fingerprint density at radius 2 is 1.41 bits per heavy atom. The highest BCUT2D eigenvalue weighted by Gasteiger charge is 2.35. The average molecular weight is 465 g/mol. The van der Waals surface area contributed by atoms with Crippen molar-refractivity contribution in [2.75, 3.05) is 0 Å². The molecule has 0 radical (unpaired) electrons. The van der Waals surface area contributed by atoms with Crippen molar-refractivity contribution in [3.05, 3.63) is 47.5 Å². The minimum absolute atomic E-state index is 0.113. The lowest BCUT2D eigenvalue weighted by Gasteiger charge is -2.36. The summed E-state index contributed by atoms with van der Waals surface area (Å²) in [6.07, 6.45) is 6.87. The van der Waals surface area contributed by atoms with E-state index in [-0.39, 0.29) is 16.6 Å². The third kappa shape index (κ3) is 5.80. The van der Waals surface area contributed by atoms with Crippen molar-refractivity contribution in [2.24, 2.45) is 11.1 Å². The SMILES string of the molecule is CCCCC(N)(CCCC)c1cc(C(C)(C)CC(C)(C)C)cc(-n2nc3ccccc3n2)c1O. The molecule has 0 saturated carbocycles. The highest BCUT2D eigenvalue weighted by molar-refractivity contribution is 5.74. The van der Waals surface area contributed by atoms with Crippen molar-refractivity contribution >= 4 is 11.0 Å². The summed E-state index contributed by atoms with van der Waals surface area (Å²) in [7, 11) is 0. The van der Waals surface area contributed by atoms with Gasteiger partial charge in [-0.05, 0) is 59.9 Å². The van der Waals surface area contributed by atoms with Crippen LogP contribution in [0.25, 0.3) is 16.7 Å². The van der Waals surface area contributed by atoms with Crippen molar-refractivity contribution in [1.29, 1.82) is 0 Å². The lowest BCUT2D eigenvalue weighted by atomic mass is 9.70. The van der Waals surface area contributed by atoms with Crippen LogP contribution in [-0.2, 0) is 11.0 Å². The Hall–Kier alpha value is -2.40. The molecule has 34 heavy (non-hydrogen) atoms. The monoisotopic (exact) mass is 464 g/mol. The van der Waals surface area contributed by atoms with E-state index in [1.807, 2.05) is 24.3 Å². The lowest BCUT2D eigenvalue weighted by Crippen LogP contribution is -2.37. The van der Waals surface area contributed by atoms with Gasteiger partial charge in [-0.2, -0.15) is 0 Å². The highest BCUT2D eigenvalue weighted by atomic mass is 16.3. The molecule has 0 aliphatic rings. The van der Waals surface area contributed by atoms with Gasteiger partial charge in [-0.25, -0.2) is 0 Å². The molecule has 5 nitrogen and oxygen atoms in total. The first kappa shape index (κ1) is 26.2. The maximum absolute atomic E-state index is 11.6. The number of phenols is 1. The van der Waals surface area contributed by atoms with Gasteiger partial charge in [-0.3, -0.25) is 0 Å². The van der Waals surface area contributed by atoms with E-state index < -0.39 is 5.54 Å². The topological polar surface area (TPSA) is 77.0 Å². The van der Waals surface area contributed by atoms with Crippen LogP contribution in [0.5, 0.6) is 5.75 Å². The Morgan fingerprint density at radius 3 is 1.88 bits per heavy atom. The van der Waals surface area contributed by atoms with Crippen LogP contribution in [0.1, 0.15) is 105 Å². The van der Waals surface area contributed by atoms with Crippen LogP contribution in [0.3, 0.4) is 0 Å². The number of phenolic OH excluding ortho intramolecular Hbond substituents is 1. The molecule has 3 aromatic rings. The average Bonchev–Trinajstić information content (AvgIpc) is 3.18. The minimum atomic E-state index is -0.592. The molecule has 2 aromatic carbocycles. The molecule has 1 aromatic heterocycles. The predicted octanol–water partition coefficient (Wildman–Crippen LogP) is 7.37. The molecule has 0 saturated heterocycles. The molecule has 0 atom stereocenters. The third-order valence-electron chi connectivity index (χ3n) is 6.83. The molecule has 0 amide bonds. The molecular weight excluding hydrogens is 420 g/mol. The van der Waals surface area contributed by atoms with Gasteiger partial charge < -0.3 is 10.8 Å². The van der Waals surface area contributed by atoms with Crippen molar-refractivity contribution in [1.82, 2.24) is 15.0 Å². The third-order valence-corrected chi connectivity index (χ3v) is 6.83. The van der Waals surface area contributed by atoms with Crippen LogP contribution in [0.15, 0.2) is 36.4 Å². The number of hydrogen-bond acceptors (Lipinski definition) is 4. The molecule has 0 spiro atoms. The molecule has 0 aliphatic carbocycles. The van der Waals surface area contributed by atoms with E-state index in [1.54, 1.807) is 4.80 Å². The van der Waals surface area contributed by atoms with Gasteiger partial charge in [0, 0.05) is 11.1 Å². The normalized spacial score (nSPS) is 13.1. The molecule has 0 aliphatic heterocycles. The van der Waals surface area contributed by atoms with Crippen LogP contribution in [0.4, 0.5) is 0 Å². The maximum Gasteiger partial charge on any atom is 0.148 e. The first-order valence-corrected chi connectivity index (χ1v) is 12.9. The Labute approximate surface area is 205 Å². The number of rotatable bonds is 10. The summed E-state index contributed by atoms with van der Waals surface area (Å²) >= 11 is 0. The Bertz CT molecular complexity index is 1070. The molecule has 3 rings (SSSR count). The fourth-order valence-corrected chi connectivity index (χ4v) is 5.32. The highest BCUT2D eigenvalue weighted by Crippen LogP contribution is 2.44. The van der Waals surface area contributed by atoms with Gasteiger partial charge in [-0.1, -0.05) is 86.3 Å². The number of aromatic nitrogens is 3. The van der Waals surface area contributed by atoms with Crippen molar-refractivity contribution < 1.29 is 5.11 Å². The summed E-state index contributed by atoms with van der Waals surface area (Å²) in [5.41, 5.74) is 10.8. The second-order valence-corrected chi connectivity index (χ2v) is 11.9. The molecule has 186 valence electrons. The van der Waals surface area contributed by atoms with E-state index >= 15 is 0 Å². The predicted molar refractivity (Wildman–Crippen MR) is 143 cm³/mol. The van der Waals surface area contributed by atoms with Gasteiger partial charge in [0.2, 0.25) is 0 Å². The first-order valence-electron chi connectivity index (χ1n) is 12.9.